The minimum atomic E-state index is -3.37. The molecule has 31 heavy (non-hydrogen) atoms. The third-order valence-corrected chi connectivity index (χ3v) is 6.64. The second-order valence-electron chi connectivity index (χ2n) is 6.86. The molecule has 2 aromatic carbocycles. The number of anilines is 2. The lowest BCUT2D eigenvalue weighted by Crippen LogP contribution is -2.39. The number of sulfone groups is 1. The van der Waals surface area contributed by atoms with Crippen LogP contribution >= 0.6 is 11.3 Å². The predicted molar refractivity (Wildman–Crippen MR) is 115 cm³/mol. The largest absolute Gasteiger partial charge is 0.368 e. The topological polar surface area (TPSA) is 135 Å². The minimum absolute atomic E-state index is 0.0261. The second kappa shape index (κ2) is 7.71. The van der Waals surface area contributed by atoms with Gasteiger partial charge in [-0.1, -0.05) is 11.3 Å². The van der Waals surface area contributed by atoms with E-state index in [2.05, 4.69) is 15.4 Å². The van der Waals surface area contributed by atoms with Gasteiger partial charge >= 0.3 is 0 Å². The van der Waals surface area contributed by atoms with Crippen LogP contribution in [0.15, 0.2) is 52.5 Å². The Morgan fingerprint density at radius 1 is 1.23 bits per heavy atom. The van der Waals surface area contributed by atoms with Crippen LogP contribution in [-0.2, 0) is 19.4 Å². The van der Waals surface area contributed by atoms with Gasteiger partial charge in [0.05, 0.1) is 20.8 Å². The van der Waals surface area contributed by atoms with E-state index in [1.54, 1.807) is 6.07 Å². The van der Waals surface area contributed by atoms with Gasteiger partial charge in [-0.2, -0.15) is 5.10 Å². The van der Waals surface area contributed by atoms with Gasteiger partial charge in [0.1, 0.15) is 17.6 Å². The number of nitrogens with one attached hydrogen (secondary N) is 1. The fraction of sp³-hybridized carbons (Fsp3) is 0.158. The lowest BCUT2D eigenvalue weighted by atomic mass is 10.1. The maximum Gasteiger partial charge on any atom is 0.273 e. The van der Waals surface area contributed by atoms with Gasteiger partial charge < -0.3 is 5.73 Å². The molecule has 1 aromatic heterocycles. The number of rotatable bonds is 5. The second-order valence-corrected chi connectivity index (χ2v) is 9.91. The summed E-state index contributed by atoms with van der Waals surface area (Å²) >= 11 is 1.11. The summed E-state index contributed by atoms with van der Waals surface area (Å²) in [7, 11) is -3.37. The molecule has 3 N–H and O–H groups in total. The number of primary amides is 1. The Bertz CT molecular complexity index is 1340. The normalized spacial score (nSPS) is 16.4. The van der Waals surface area contributed by atoms with Gasteiger partial charge in [-0.15, -0.1) is 0 Å². The van der Waals surface area contributed by atoms with Crippen LogP contribution in [0.4, 0.5) is 15.2 Å². The highest BCUT2D eigenvalue weighted by molar-refractivity contribution is 7.90. The van der Waals surface area contributed by atoms with Crippen molar-refractivity contribution in [3.05, 3.63) is 48.3 Å². The molecule has 0 fully saturated rings. The number of hydrazone groups is 1. The number of nitrogens with zero attached hydrogens (tertiary/aromatic N) is 3. The number of fused-ring (bicyclic) bond motifs is 1. The van der Waals surface area contributed by atoms with E-state index >= 15 is 0 Å². The Morgan fingerprint density at radius 2 is 1.94 bits per heavy atom. The molecule has 9 nitrogen and oxygen atoms in total. The number of aromatic nitrogens is 1. The first-order valence-corrected chi connectivity index (χ1v) is 11.7. The van der Waals surface area contributed by atoms with Crippen molar-refractivity contribution in [2.24, 2.45) is 10.8 Å². The zero-order chi connectivity index (χ0) is 22.3. The molecule has 2 heterocycles. The Kier molecular flexibility index (Phi) is 5.19. The number of benzene rings is 2. The summed E-state index contributed by atoms with van der Waals surface area (Å²) in [5, 5.41) is 8.36. The monoisotopic (exact) mass is 461 g/mol. The Balaban J connectivity index is 1.58. The maximum absolute atomic E-state index is 13.2. The van der Waals surface area contributed by atoms with Crippen molar-refractivity contribution in [2.75, 3.05) is 16.6 Å². The fourth-order valence-corrected chi connectivity index (χ4v) is 4.68. The van der Waals surface area contributed by atoms with Crippen LogP contribution in [0.2, 0.25) is 0 Å². The van der Waals surface area contributed by atoms with E-state index < -0.39 is 33.5 Å². The Morgan fingerprint density at radius 3 is 2.58 bits per heavy atom. The molecule has 1 unspecified atom stereocenters. The van der Waals surface area contributed by atoms with Crippen molar-refractivity contribution in [2.45, 2.75) is 17.4 Å². The lowest BCUT2D eigenvalue weighted by Gasteiger charge is -2.20. The van der Waals surface area contributed by atoms with Crippen LogP contribution < -0.4 is 16.1 Å². The molecule has 0 spiro atoms. The number of carbonyl (C=O) groups is 2. The van der Waals surface area contributed by atoms with E-state index in [4.69, 9.17) is 5.73 Å². The third-order valence-electron chi connectivity index (χ3n) is 4.60. The van der Waals surface area contributed by atoms with Gasteiger partial charge in [0, 0.05) is 12.7 Å². The van der Waals surface area contributed by atoms with Crippen LogP contribution in [-0.4, -0.2) is 43.2 Å². The minimum Gasteiger partial charge on any atom is -0.368 e. The van der Waals surface area contributed by atoms with Crippen LogP contribution in [0.25, 0.3) is 10.2 Å². The average Bonchev–Trinajstić information content (AvgIpc) is 3.31. The highest BCUT2D eigenvalue weighted by Crippen LogP contribution is 2.29. The number of hydrogen-bond donors (Lipinski definition) is 2. The first-order chi connectivity index (χ1) is 14.6. The first kappa shape index (κ1) is 20.9. The van der Waals surface area contributed by atoms with Crippen LogP contribution in [0.3, 0.4) is 0 Å². The molecule has 2 amide bonds. The number of hydrogen-bond acceptors (Lipinski definition) is 8. The van der Waals surface area contributed by atoms with E-state index in [0.29, 0.717) is 15.9 Å². The number of halogens is 1. The number of amides is 2. The lowest BCUT2D eigenvalue weighted by molar-refractivity contribution is -0.119. The highest BCUT2D eigenvalue weighted by atomic mass is 32.2. The van der Waals surface area contributed by atoms with Gasteiger partial charge in [-0.25, -0.2) is 17.8 Å². The van der Waals surface area contributed by atoms with Crippen molar-refractivity contribution in [1.82, 2.24) is 4.98 Å². The molecule has 0 aliphatic carbocycles. The van der Waals surface area contributed by atoms with E-state index in [1.165, 1.54) is 41.4 Å². The van der Waals surface area contributed by atoms with Crippen molar-refractivity contribution in [3.8, 4) is 0 Å². The summed E-state index contributed by atoms with van der Waals surface area (Å²) in [5.41, 5.74) is 6.46. The van der Waals surface area contributed by atoms with E-state index in [-0.39, 0.29) is 22.2 Å². The molecule has 0 radical (unpaired) electrons. The van der Waals surface area contributed by atoms with Crippen molar-refractivity contribution < 1.29 is 22.4 Å². The molecule has 0 saturated carbocycles. The van der Waals surface area contributed by atoms with Gasteiger partial charge in [-0.3, -0.25) is 19.9 Å². The van der Waals surface area contributed by atoms with Crippen molar-refractivity contribution in [3.63, 3.8) is 0 Å². The summed E-state index contributed by atoms with van der Waals surface area (Å²) in [5.74, 6) is -1.70. The van der Waals surface area contributed by atoms with Gasteiger partial charge in [0.2, 0.25) is 5.91 Å². The molecule has 12 heteroatoms. The molecule has 4 rings (SSSR count). The quantitative estimate of drug-likeness (QED) is 0.596. The van der Waals surface area contributed by atoms with Gasteiger partial charge in [-0.05, 0) is 42.5 Å². The Labute approximate surface area is 180 Å². The standard InChI is InChI=1S/C19H16FN5O4S2/c1-31(28,29)12-6-7-13-16(8-12)30-19(22-13)23-18(27)14-9-15(17(21)26)25(24-14)11-4-2-10(20)3-5-11/h2-8,15H,9H2,1H3,(H2,21,26)(H,22,23,27). The van der Waals surface area contributed by atoms with Gasteiger partial charge in [0.25, 0.3) is 5.91 Å². The summed E-state index contributed by atoms with van der Waals surface area (Å²) < 4.78 is 37.2. The number of thiazole rings is 1. The maximum atomic E-state index is 13.2. The molecule has 1 atom stereocenters. The van der Waals surface area contributed by atoms with Crippen molar-refractivity contribution >= 4 is 59.7 Å². The van der Waals surface area contributed by atoms with E-state index in [1.807, 2.05) is 0 Å². The highest BCUT2D eigenvalue weighted by Gasteiger charge is 2.35. The Hall–Kier alpha value is -3.38. The van der Waals surface area contributed by atoms with Crippen LogP contribution in [0.1, 0.15) is 6.42 Å². The molecule has 1 aliphatic heterocycles. The van der Waals surface area contributed by atoms with Crippen LogP contribution in [0, 0.1) is 5.82 Å². The summed E-state index contributed by atoms with van der Waals surface area (Å²) in [6, 6.07) is 8.90. The molecule has 1 aliphatic rings. The summed E-state index contributed by atoms with van der Waals surface area (Å²) in [6.07, 6.45) is 1.08. The van der Waals surface area contributed by atoms with Crippen LogP contribution in [0.5, 0.6) is 0 Å². The smallest absolute Gasteiger partial charge is 0.273 e. The van der Waals surface area contributed by atoms with E-state index in [9.17, 15) is 22.4 Å². The molecule has 0 bridgehead atoms. The molecular weight excluding hydrogens is 445 g/mol. The fourth-order valence-electron chi connectivity index (χ4n) is 3.06. The predicted octanol–water partition coefficient (Wildman–Crippen LogP) is 1.90. The zero-order valence-electron chi connectivity index (χ0n) is 16.1. The molecule has 160 valence electrons. The van der Waals surface area contributed by atoms with E-state index in [0.717, 1.165) is 17.6 Å². The number of carbonyl (C=O) groups excluding carboxylic acids is 2. The molecule has 0 saturated heterocycles. The number of nitrogens with two attached hydrogens (primary N) is 1. The average molecular weight is 462 g/mol. The van der Waals surface area contributed by atoms with Gasteiger partial charge in [0.15, 0.2) is 15.0 Å². The third kappa shape index (κ3) is 4.25. The first-order valence-electron chi connectivity index (χ1n) is 8.95. The molecular formula is C19H16FN5O4S2. The summed E-state index contributed by atoms with van der Waals surface area (Å²) in [4.78, 5) is 29.0. The zero-order valence-corrected chi connectivity index (χ0v) is 17.7. The summed E-state index contributed by atoms with van der Waals surface area (Å²) in [6.45, 7) is 0. The SMILES string of the molecule is CS(=O)(=O)c1ccc2nc(NC(=O)C3=NN(c4ccc(F)cc4)C(C(N)=O)C3)sc2c1. The molecule has 3 aromatic rings. The van der Waals surface area contributed by atoms with Crippen molar-refractivity contribution in [1.29, 1.82) is 0 Å².